The Kier molecular flexibility index (Phi) is 3.50. The van der Waals surface area contributed by atoms with Crippen molar-refractivity contribution in [2.24, 2.45) is 10.7 Å². The average Bonchev–Trinajstić information content (AvgIpc) is 2.55. The lowest BCUT2D eigenvalue weighted by atomic mass is 9.93. The zero-order valence-electron chi connectivity index (χ0n) is 11.7. The Hall–Kier alpha value is -2.53. The zero-order valence-corrected chi connectivity index (χ0v) is 11.7. The molecule has 0 bridgehead atoms. The van der Waals surface area contributed by atoms with E-state index in [-0.39, 0.29) is 12.3 Å². The number of hydrogen-bond acceptors (Lipinski definition) is 5. The fraction of sp³-hybridized carbons (Fsp3) is 0.188. The Morgan fingerprint density at radius 2 is 2.05 bits per heavy atom. The first kappa shape index (κ1) is 13.5. The van der Waals surface area contributed by atoms with Crippen LogP contribution in [0, 0.1) is 0 Å². The molecule has 1 aromatic carbocycles. The van der Waals surface area contributed by atoms with Crippen molar-refractivity contribution in [2.45, 2.75) is 0 Å². The molecule has 1 aliphatic heterocycles. The minimum Gasteiger partial charge on any atom is -0.495 e. The summed E-state index contributed by atoms with van der Waals surface area (Å²) in [5, 5.41) is 0. The molecule has 0 saturated heterocycles. The van der Waals surface area contributed by atoms with E-state index in [4.69, 9.17) is 10.5 Å². The van der Waals surface area contributed by atoms with E-state index in [0.717, 1.165) is 22.4 Å². The van der Waals surface area contributed by atoms with Gasteiger partial charge in [0.1, 0.15) is 12.3 Å². The summed E-state index contributed by atoms with van der Waals surface area (Å²) in [4.78, 5) is 20.3. The van der Waals surface area contributed by atoms with Crippen LogP contribution in [0.2, 0.25) is 0 Å². The van der Waals surface area contributed by atoms with Crippen LogP contribution < -0.4 is 10.5 Å². The van der Waals surface area contributed by atoms with E-state index in [1.165, 1.54) is 0 Å². The second-order valence-corrected chi connectivity index (χ2v) is 4.76. The highest BCUT2D eigenvalue weighted by atomic mass is 16.5. The number of nitrogens with zero attached hydrogens (tertiary/aromatic N) is 2. The number of benzene rings is 1. The number of pyridine rings is 1. The Morgan fingerprint density at radius 3 is 2.81 bits per heavy atom. The molecule has 0 saturated carbocycles. The van der Waals surface area contributed by atoms with Crippen molar-refractivity contribution in [1.82, 2.24) is 4.98 Å². The highest BCUT2D eigenvalue weighted by Crippen LogP contribution is 2.26. The predicted molar refractivity (Wildman–Crippen MR) is 81.0 cm³/mol. The Labute approximate surface area is 122 Å². The first-order valence-electron chi connectivity index (χ1n) is 6.63. The molecule has 0 aliphatic carbocycles. The van der Waals surface area contributed by atoms with Crippen LogP contribution in [-0.2, 0) is 0 Å². The summed E-state index contributed by atoms with van der Waals surface area (Å²) in [6, 6.07) is 7.58. The number of ketones is 1. The molecule has 0 amide bonds. The van der Waals surface area contributed by atoms with Gasteiger partial charge < -0.3 is 10.5 Å². The van der Waals surface area contributed by atoms with Crippen molar-refractivity contribution >= 4 is 11.5 Å². The van der Waals surface area contributed by atoms with Crippen LogP contribution in [0.15, 0.2) is 41.7 Å². The first-order chi connectivity index (χ1) is 10.2. The predicted octanol–water partition coefficient (Wildman–Crippen LogP) is 1.70. The largest absolute Gasteiger partial charge is 0.495 e. The van der Waals surface area contributed by atoms with Gasteiger partial charge in [-0.2, -0.15) is 0 Å². The summed E-state index contributed by atoms with van der Waals surface area (Å²) in [6.07, 6.45) is 3.41. The maximum Gasteiger partial charge on any atom is 0.184 e. The molecule has 21 heavy (non-hydrogen) atoms. The maximum atomic E-state index is 11.9. The zero-order chi connectivity index (χ0) is 14.8. The summed E-state index contributed by atoms with van der Waals surface area (Å²) in [7, 11) is 1.60. The van der Waals surface area contributed by atoms with E-state index in [2.05, 4.69) is 9.98 Å². The summed E-state index contributed by atoms with van der Waals surface area (Å²) < 4.78 is 5.19. The number of fused-ring (bicyclic) bond motifs is 1. The summed E-state index contributed by atoms with van der Waals surface area (Å²) in [5.41, 5.74) is 9.87. The molecule has 2 aromatic rings. The quantitative estimate of drug-likeness (QED) is 0.929. The van der Waals surface area contributed by atoms with Gasteiger partial charge in [-0.25, -0.2) is 0 Å². The van der Waals surface area contributed by atoms with Crippen molar-refractivity contribution in [3.63, 3.8) is 0 Å². The lowest BCUT2D eigenvalue weighted by molar-refractivity contribution is 0.1000. The molecule has 0 fully saturated rings. The third-order valence-electron chi connectivity index (χ3n) is 3.52. The van der Waals surface area contributed by atoms with E-state index >= 15 is 0 Å². The molecule has 0 atom stereocenters. The van der Waals surface area contributed by atoms with Crippen molar-refractivity contribution in [2.75, 3.05) is 20.2 Å². The van der Waals surface area contributed by atoms with Crippen LogP contribution in [0.5, 0.6) is 5.75 Å². The van der Waals surface area contributed by atoms with Crippen molar-refractivity contribution < 1.29 is 9.53 Å². The fourth-order valence-electron chi connectivity index (χ4n) is 2.41. The Bertz CT molecular complexity index is 738. The van der Waals surface area contributed by atoms with E-state index < -0.39 is 0 Å². The minimum atomic E-state index is 0.0255. The molecule has 1 aliphatic rings. The molecular formula is C16H15N3O2. The lowest BCUT2D eigenvalue weighted by Crippen LogP contribution is -2.24. The summed E-state index contributed by atoms with van der Waals surface area (Å²) in [6.45, 7) is 0.500. The molecule has 3 rings (SSSR count). The maximum absolute atomic E-state index is 11.9. The smallest absolute Gasteiger partial charge is 0.184 e. The molecule has 5 heteroatoms. The first-order valence-corrected chi connectivity index (χ1v) is 6.63. The number of rotatable bonds is 3. The lowest BCUT2D eigenvalue weighted by Gasteiger charge is -2.16. The third-order valence-corrected chi connectivity index (χ3v) is 3.52. The van der Waals surface area contributed by atoms with Crippen molar-refractivity contribution in [3.8, 4) is 16.9 Å². The van der Waals surface area contributed by atoms with Gasteiger partial charge in [-0.05, 0) is 17.7 Å². The van der Waals surface area contributed by atoms with E-state index in [1.54, 1.807) is 19.5 Å². The van der Waals surface area contributed by atoms with Gasteiger partial charge in [-0.3, -0.25) is 14.8 Å². The molecule has 0 spiro atoms. The van der Waals surface area contributed by atoms with Gasteiger partial charge in [0.05, 0.1) is 19.0 Å². The second-order valence-electron chi connectivity index (χ2n) is 4.76. The fourth-order valence-corrected chi connectivity index (χ4v) is 2.41. The van der Waals surface area contributed by atoms with Gasteiger partial charge in [-0.15, -0.1) is 0 Å². The van der Waals surface area contributed by atoms with Gasteiger partial charge in [0.25, 0.3) is 0 Å². The molecular weight excluding hydrogens is 266 g/mol. The molecule has 1 aromatic heterocycles. The molecule has 2 N–H and O–H groups in total. The van der Waals surface area contributed by atoms with E-state index in [9.17, 15) is 4.79 Å². The average molecular weight is 281 g/mol. The van der Waals surface area contributed by atoms with Gasteiger partial charge >= 0.3 is 0 Å². The third kappa shape index (κ3) is 2.43. The Balaban J connectivity index is 2.10. The number of Topliss-reactive ketones (excluding diaryl/α,β-unsaturated/α-hetero) is 1. The van der Waals surface area contributed by atoms with Crippen LogP contribution in [-0.4, -0.2) is 36.7 Å². The van der Waals surface area contributed by atoms with Gasteiger partial charge in [0, 0.05) is 29.4 Å². The number of methoxy groups -OCH3 is 1. The van der Waals surface area contributed by atoms with Crippen molar-refractivity contribution in [3.05, 3.63) is 47.8 Å². The number of carbonyl (C=O) groups excluding carboxylic acids is 1. The van der Waals surface area contributed by atoms with E-state index in [1.807, 2.05) is 24.3 Å². The molecule has 0 radical (unpaired) electrons. The number of carbonyl (C=O) groups is 1. The van der Waals surface area contributed by atoms with Crippen LogP contribution in [0.3, 0.4) is 0 Å². The number of hydrogen-bond donors (Lipinski definition) is 1. The van der Waals surface area contributed by atoms with Gasteiger partial charge in [0.15, 0.2) is 5.78 Å². The number of nitrogens with two attached hydrogens (primary N) is 1. The summed E-state index contributed by atoms with van der Waals surface area (Å²) >= 11 is 0. The van der Waals surface area contributed by atoms with Crippen LogP contribution in [0.1, 0.15) is 15.9 Å². The highest BCUT2D eigenvalue weighted by molar-refractivity contribution is 6.16. The van der Waals surface area contributed by atoms with Crippen LogP contribution >= 0.6 is 0 Å². The van der Waals surface area contributed by atoms with Crippen molar-refractivity contribution in [1.29, 1.82) is 0 Å². The molecule has 5 nitrogen and oxygen atoms in total. The second kappa shape index (κ2) is 5.46. The van der Waals surface area contributed by atoms with E-state index in [0.29, 0.717) is 17.9 Å². The number of aromatic nitrogens is 1. The molecule has 0 unspecified atom stereocenters. The highest BCUT2D eigenvalue weighted by Gasteiger charge is 2.20. The van der Waals surface area contributed by atoms with Crippen LogP contribution in [0.4, 0.5) is 0 Å². The molecule has 106 valence electrons. The Morgan fingerprint density at radius 1 is 1.19 bits per heavy atom. The van der Waals surface area contributed by atoms with Crippen LogP contribution in [0.25, 0.3) is 11.1 Å². The SMILES string of the molecule is COc1cncc(-c2ccc3c(c2)C(CN)=NCC3=O)c1. The van der Waals surface area contributed by atoms with Gasteiger partial charge in [-0.1, -0.05) is 12.1 Å². The standard InChI is InChI=1S/C16H15N3O2/c1-21-12-4-11(7-18-8-12)10-2-3-13-14(5-10)15(6-17)19-9-16(13)20/h2-5,7-8H,6,9,17H2,1H3. The summed E-state index contributed by atoms with van der Waals surface area (Å²) in [5.74, 6) is 0.714. The normalized spacial score (nSPS) is 13.6. The minimum absolute atomic E-state index is 0.0255. The van der Waals surface area contributed by atoms with Gasteiger partial charge in [0.2, 0.25) is 0 Å². The molecule has 2 heterocycles. The number of ether oxygens (including phenoxy) is 1. The number of aliphatic imine (C=N–C) groups is 1. The monoisotopic (exact) mass is 281 g/mol. The topological polar surface area (TPSA) is 77.6 Å².